The van der Waals surface area contributed by atoms with Crippen LogP contribution in [0.2, 0.25) is 0 Å². The Kier molecular flexibility index (Phi) is 4.58. The zero-order chi connectivity index (χ0) is 13.7. The molecule has 1 atom stereocenters. The molecule has 2 heteroatoms. The monoisotopic (exact) mass is 255 g/mol. The quantitative estimate of drug-likeness (QED) is 0.889. The highest BCUT2D eigenvalue weighted by Crippen LogP contribution is 2.27. The lowest BCUT2D eigenvalue weighted by Crippen LogP contribution is -2.16. The predicted octanol–water partition coefficient (Wildman–Crippen LogP) is 3.29. The summed E-state index contributed by atoms with van der Waals surface area (Å²) in [5, 5.41) is 0. The summed E-state index contributed by atoms with van der Waals surface area (Å²) in [5.74, 6) is 1.27. The van der Waals surface area contributed by atoms with E-state index in [1.54, 1.807) is 7.11 Å². The number of hydrogen-bond acceptors (Lipinski definition) is 2. The van der Waals surface area contributed by atoms with Crippen molar-refractivity contribution in [1.29, 1.82) is 0 Å². The maximum atomic E-state index is 5.97. The van der Waals surface area contributed by atoms with Gasteiger partial charge in [0.25, 0.3) is 0 Å². The van der Waals surface area contributed by atoms with Gasteiger partial charge in [0.1, 0.15) is 5.75 Å². The molecular formula is C17H21NO. The van der Waals surface area contributed by atoms with Gasteiger partial charge in [0.05, 0.1) is 7.11 Å². The Hall–Kier alpha value is -1.80. The Morgan fingerprint density at radius 3 is 2.42 bits per heavy atom. The van der Waals surface area contributed by atoms with E-state index in [9.17, 15) is 0 Å². The van der Waals surface area contributed by atoms with Crippen molar-refractivity contribution in [2.24, 2.45) is 5.73 Å². The molecule has 0 radical (unpaired) electrons. The van der Waals surface area contributed by atoms with Crippen LogP contribution >= 0.6 is 0 Å². The third-order valence-electron chi connectivity index (χ3n) is 3.57. The van der Waals surface area contributed by atoms with Gasteiger partial charge in [-0.15, -0.1) is 0 Å². The maximum absolute atomic E-state index is 5.97. The van der Waals surface area contributed by atoms with Gasteiger partial charge in [-0.3, -0.25) is 0 Å². The second kappa shape index (κ2) is 6.39. The predicted molar refractivity (Wildman–Crippen MR) is 79.7 cm³/mol. The van der Waals surface area contributed by atoms with Crippen LogP contribution in [0.5, 0.6) is 5.75 Å². The number of benzene rings is 2. The minimum Gasteiger partial charge on any atom is -0.496 e. The average molecular weight is 255 g/mol. The van der Waals surface area contributed by atoms with Crippen LogP contribution in [0.15, 0.2) is 48.5 Å². The van der Waals surface area contributed by atoms with Crippen LogP contribution in [0, 0.1) is 6.92 Å². The van der Waals surface area contributed by atoms with Gasteiger partial charge in [0.2, 0.25) is 0 Å². The average Bonchev–Trinajstić information content (AvgIpc) is 2.46. The van der Waals surface area contributed by atoms with E-state index in [4.69, 9.17) is 10.5 Å². The molecule has 0 bridgehead atoms. The standard InChI is InChI=1S/C17H21NO/c1-13-7-3-5-9-16(13)15(12-18)11-14-8-4-6-10-17(14)19-2/h3-10,15H,11-12,18H2,1-2H3. The molecule has 0 amide bonds. The summed E-state index contributed by atoms with van der Waals surface area (Å²) in [6, 6.07) is 16.6. The number of rotatable bonds is 5. The van der Waals surface area contributed by atoms with Crippen molar-refractivity contribution in [2.45, 2.75) is 19.3 Å². The van der Waals surface area contributed by atoms with Crippen molar-refractivity contribution < 1.29 is 4.74 Å². The van der Waals surface area contributed by atoms with E-state index < -0.39 is 0 Å². The number of para-hydroxylation sites is 1. The van der Waals surface area contributed by atoms with E-state index in [-0.39, 0.29) is 0 Å². The molecule has 2 nitrogen and oxygen atoms in total. The molecule has 2 aromatic rings. The zero-order valence-electron chi connectivity index (χ0n) is 11.6. The third kappa shape index (κ3) is 3.15. The van der Waals surface area contributed by atoms with Crippen LogP contribution in [0.4, 0.5) is 0 Å². The Morgan fingerprint density at radius 2 is 1.74 bits per heavy atom. The summed E-state index contributed by atoms with van der Waals surface area (Å²) in [6.45, 7) is 2.78. The normalized spacial score (nSPS) is 12.2. The molecule has 0 aliphatic heterocycles. The van der Waals surface area contributed by atoms with E-state index in [0.717, 1.165) is 12.2 Å². The smallest absolute Gasteiger partial charge is 0.122 e. The largest absolute Gasteiger partial charge is 0.496 e. The van der Waals surface area contributed by atoms with Gasteiger partial charge in [0.15, 0.2) is 0 Å². The highest BCUT2D eigenvalue weighted by molar-refractivity contribution is 5.37. The summed E-state index contributed by atoms with van der Waals surface area (Å²) in [7, 11) is 1.71. The second-order valence-electron chi connectivity index (χ2n) is 4.81. The van der Waals surface area contributed by atoms with Crippen LogP contribution in [-0.4, -0.2) is 13.7 Å². The molecule has 100 valence electrons. The van der Waals surface area contributed by atoms with Crippen LogP contribution in [0.1, 0.15) is 22.6 Å². The number of nitrogens with two attached hydrogens (primary N) is 1. The van der Waals surface area contributed by atoms with Crippen molar-refractivity contribution in [1.82, 2.24) is 0 Å². The van der Waals surface area contributed by atoms with Gasteiger partial charge in [-0.1, -0.05) is 42.5 Å². The summed E-state index contributed by atoms with van der Waals surface area (Å²) in [6.07, 6.45) is 0.908. The molecule has 0 saturated carbocycles. The van der Waals surface area contributed by atoms with E-state index in [0.29, 0.717) is 12.5 Å². The zero-order valence-corrected chi connectivity index (χ0v) is 11.6. The van der Waals surface area contributed by atoms with E-state index in [2.05, 4.69) is 37.3 Å². The van der Waals surface area contributed by atoms with Crippen LogP contribution < -0.4 is 10.5 Å². The Balaban J connectivity index is 2.27. The molecule has 0 aromatic heterocycles. The fourth-order valence-electron chi connectivity index (χ4n) is 2.50. The second-order valence-corrected chi connectivity index (χ2v) is 4.81. The van der Waals surface area contributed by atoms with Crippen LogP contribution in [0.25, 0.3) is 0 Å². The van der Waals surface area contributed by atoms with Crippen molar-refractivity contribution in [3.05, 3.63) is 65.2 Å². The van der Waals surface area contributed by atoms with Crippen LogP contribution in [0.3, 0.4) is 0 Å². The van der Waals surface area contributed by atoms with Gasteiger partial charge in [-0.25, -0.2) is 0 Å². The number of methoxy groups -OCH3 is 1. The minimum atomic E-state index is 0.331. The van der Waals surface area contributed by atoms with Crippen molar-refractivity contribution in [2.75, 3.05) is 13.7 Å². The number of aryl methyl sites for hydroxylation is 1. The third-order valence-corrected chi connectivity index (χ3v) is 3.57. The molecule has 2 N–H and O–H groups in total. The molecule has 2 rings (SSSR count). The molecule has 0 aliphatic rings. The molecule has 0 heterocycles. The summed E-state index contributed by atoms with van der Waals surface area (Å²) < 4.78 is 5.42. The first-order valence-electron chi connectivity index (χ1n) is 6.63. The van der Waals surface area contributed by atoms with Gasteiger partial charge in [-0.2, -0.15) is 0 Å². The first kappa shape index (κ1) is 13.6. The van der Waals surface area contributed by atoms with Gasteiger partial charge >= 0.3 is 0 Å². The van der Waals surface area contributed by atoms with Crippen molar-refractivity contribution in [3.8, 4) is 5.75 Å². The molecule has 0 saturated heterocycles. The summed E-state index contributed by atoms with van der Waals surface area (Å²) in [5.41, 5.74) is 9.81. The van der Waals surface area contributed by atoms with E-state index in [1.807, 2.05) is 18.2 Å². The lowest BCUT2D eigenvalue weighted by Gasteiger charge is -2.19. The Morgan fingerprint density at radius 1 is 1.05 bits per heavy atom. The maximum Gasteiger partial charge on any atom is 0.122 e. The fraction of sp³-hybridized carbons (Fsp3) is 0.294. The topological polar surface area (TPSA) is 35.2 Å². The van der Waals surface area contributed by atoms with Crippen molar-refractivity contribution >= 4 is 0 Å². The first-order valence-corrected chi connectivity index (χ1v) is 6.63. The molecule has 0 spiro atoms. The lowest BCUT2D eigenvalue weighted by molar-refractivity contribution is 0.408. The molecule has 2 aromatic carbocycles. The highest BCUT2D eigenvalue weighted by Gasteiger charge is 2.14. The van der Waals surface area contributed by atoms with Gasteiger partial charge in [0, 0.05) is 5.92 Å². The van der Waals surface area contributed by atoms with E-state index >= 15 is 0 Å². The first-order chi connectivity index (χ1) is 9.26. The molecular weight excluding hydrogens is 234 g/mol. The van der Waals surface area contributed by atoms with Crippen molar-refractivity contribution in [3.63, 3.8) is 0 Å². The minimum absolute atomic E-state index is 0.331. The van der Waals surface area contributed by atoms with E-state index in [1.165, 1.54) is 16.7 Å². The lowest BCUT2D eigenvalue weighted by atomic mass is 9.89. The Labute approximate surface area is 115 Å². The number of hydrogen-bond donors (Lipinski definition) is 1. The fourth-order valence-corrected chi connectivity index (χ4v) is 2.50. The SMILES string of the molecule is COc1ccccc1CC(CN)c1ccccc1C. The summed E-state index contributed by atoms with van der Waals surface area (Å²) in [4.78, 5) is 0. The van der Waals surface area contributed by atoms with Gasteiger partial charge in [-0.05, 0) is 42.6 Å². The molecule has 19 heavy (non-hydrogen) atoms. The highest BCUT2D eigenvalue weighted by atomic mass is 16.5. The molecule has 0 fully saturated rings. The molecule has 0 aliphatic carbocycles. The van der Waals surface area contributed by atoms with Crippen LogP contribution in [-0.2, 0) is 6.42 Å². The number of ether oxygens (including phenoxy) is 1. The summed E-state index contributed by atoms with van der Waals surface area (Å²) >= 11 is 0. The Bertz CT molecular complexity index is 536. The van der Waals surface area contributed by atoms with Gasteiger partial charge < -0.3 is 10.5 Å². The molecule has 1 unspecified atom stereocenters.